The van der Waals surface area contributed by atoms with Gasteiger partial charge >= 0.3 is 0 Å². The van der Waals surface area contributed by atoms with E-state index < -0.39 is 0 Å². The zero-order chi connectivity index (χ0) is 17.3. The van der Waals surface area contributed by atoms with E-state index in [1.165, 1.54) is 0 Å². The Morgan fingerprint density at radius 3 is 2.83 bits per heavy atom. The third kappa shape index (κ3) is 3.26. The van der Waals surface area contributed by atoms with Crippen LogP contribution in [0.3, 0.4) is 0 Å². The van der Waals surface area contributed by atoms with Gasteiger partial charge in [-0.1, -0.05) is 23.7 Å². The highest BCUT2D eigenvalue weighted by atomic mass is 35.5. The number of aromatic nitrogens is 3. The third-order valence-corrected chi connectivity index (χ3v) is 4.07. The maximum atomic E-state index is 12.5. The zero-order valence-electron chi connectivity index (χ0n) is 13.9. The lowest BCUT2D eigenvalue weighted by Crippen LogP contribution is -2.24. The number of carbonyl (C=O) groups excluding carboxylic acids is 1. The highest BCUT2D eigenvalue weighted by Gasteiger charge is 2.15. The smallest absolute Gasteiger partial charge is 0.253 e. The van der Waals surface area contributed by atoms with E-state index in [0.717, 1.165) is 16.6 Å². The fourth-order valence-electron chi connectivity index (χ4n) is 2.60. The van der Waals surface area contributed by atoms with E-state index in [4.69, 9.17) is 11.6 Å². The number of nitrogens with zero attached hydrogens (tertiary/aromatic N) is 3. The summed E-state index contributed by atoms with van der Waals surface area (Å²) < 4.78 is 1.86. The Kier molecular flexibility index (Phi) is 4.53. The van der Waals surface area contributed by atoms with Gasteiger partial charge in [-0.2, -0.15) is 5.10 Å². The van der Waals surface area contributed by atoms with Crippen molar-refractivity contribution in [2.45, 2.75) is 33.4 Å². The summed E-state index contributed by atoms with van der Waals surface area (Å²) in [4.78, 5) is 17.1. The highest BCUT2D eigenvalue weighted by Crippen LogP contribution is 2.19. The first-order chi connectivity index (χ1) is 11.5. The van der Waals surface area contributed by atoms with Gasteiger partial charge in [0.2, 0.25) is 0 Å². The predicted molar refractivity (Wildman–Crippen MR) is 95.3 cm³/mol. The predicted octanol–water partition coefficient (Wildman–Crippen LogP) is 3.90. The lowest BCUT2D eigenvalue weighted by molar-refractivity contribution is 0.0950. The molecule has 5 nitrogen and oxygen atoms in total. The third-order valence-electron chi connectivity index (χ3n) is 3.84. The van der Waals surface area contributed by atoms with Crippen molar-refractivity contribution in [3.05, 3.63) is 58.4 Å². The van der Waals surface area contributed by atoms with Crippen LogP contribution in [0.1, 0.15) is 41.5 Å². The van der Waals surface area contributed by atoms with E-state index in [2.05, 4.69) is 29.2 Å². The van der Waals surface area contributed by atoms with E-state index in [1.54, 1.807) is 12.3 Å². The molecule has 0 fully saturated rings. The normalized spacial score (nSPS) is 11.2. The summed E-state index contributed by atoms with van der Waals surface area (Å²) in [6, 6.07) is 9.49. The second-order valence-corrected chi connectivity index (χ2v) is 6.47. The van der Waals surface area contributed by atoms with Crippen molar-refractivity contribution in [1.29, 1.82) is 0 Å². The summed E-state index contributed by atoms with van der Waals surface area (Å²) in [5.74, 6) is -0.154. The van der Waals surface area contributed by atoms with Crippen molar-refractivity contribution >= 4 is 28.5 Å². The largest absolute Gasteiger partial charge is 0.348 e. The number of amides is 1. The van der Waals surface area contributed by atoms with Crippen LogP contribution in [0.5, 0.6) is 0 Å². The number of benzene rings is 1. The van der Waals surface area contributed by atoms with Gasteiger partial charge in [0.25, 0.3) is 5.91 Å². The fourth-order valence-corrected chi connectivity index (χ4v) is 2.81. The zero-order valence-corrected chi connectivity index (χ0v) is 14.6. The summed E-state index contributed by atoms with van der Waals surface area (Å²) in [5.41, 5.74) is 3.00. The number of fused-ring (bicyclic) bond motifs is 1. The molecule has 2 heterocycles. The van der Waals surface area contributed by atoms with Crippen molar-refractivity contribution in [2.24, 2.45) is 0 Å². The van der Waals surface area contributed by atoms with Gasteiger partial charge in [-0.05, 0) is 44.5 Å². The molecule has 0 saturated carbocycles. The molecule has 1 N–H and O–H groups in total. The first-order valence-electron chi connectivity index (χ1n) is 7.83. The Labute approximate surface area is 145 Å². The quantitative estimate of drug-likeness (QED) is 0.782. The first kappa shape index (κ1) is 16.5. The van der Waals surface area contributed by atoms with Crippen LogP contribution in [-0.4, -0.2) is 20.7 Å². The number of aryl methyl sites for hydroxylation is 1. The molecule has 0 unspecified atom stereocenters. The number of pyridine rings is 1. The Balaban J connectivity index is 1.83. The van der Waals surface area contributed by atoms with Crippen LogP contribution in [0.4, 0.5) is 0 Å². The number of halogens is 1. The summed E-state index contributed by atoms with van der Waals surface area (Å²) in [5, 5.41) is 8.78. The molecule has 2 aromatic heterocycles. The molecule has 124 valence electrons. The Bertz CT molecular complexity index is 901. The lowest BCUT2D eigenvalue weighted by atomic mass is 10.1. The molecule has 0 aliphatic carbocycles. The number of hydrogen-bond acceptors (Lipinski definition) is 3. The number of rotatable bonds is 4. The minimum atomic E-state index is -0.154. The molecule has 6 heteroatoms. The van der Waals surface area contributed by atoms with Gasteiger partial charge in [-0.25, -0.2) is 9.67 Å². The molecule has 0 aliphatic rings. The van der Waals surface area contributed by atoms with E-state index in [0.29, 0.717) is 22.8 Å². The maximum absolute atomic E-state index is 12.5. The Morgan fingerprint density at radius 1 is 1.33 bits per heavy atom. The Morgan fingerprint density at radius 2 is 2.12 bits per heavy atom. The van der Waals surface area contributed by atoms with Crippen LogP contribution in [0.2, 0.25) is 5.02 Å². The molecule has 0 bridgehead atoms. The van der Waals surface area contributed by atoms with Gasteiger partial charge in [0.1, 0.15) is 0 Å². The molecule has 0 aliphatic heterocycles. The molecule has 1 aromatic carbocycles. The van der Waals surface area contributed by atoms with Gasteiger partial charge in [-0.3, -0.25) is 4.79 Å². The summed E-state index contributed by atoms with van der Waals surface area (Å²) in [6.07, 6.45) is 1.75. The number of carbonyl (C=O) groups is 1. The van der Waals surface area contributed by atoms with Crippen molar-refractivity contribution in [1.82, 2.24) is 20.1 Å². The summed E-state index contributed by atoms with van der Waals surface area (Å²) in [6.45, 7) is 6.36. The van der Waals surface area contributed by atoms with Crippen LogP contribution >= 0.6 is 11.6 Å². The van der Waals surface area contributed by atoms with Crippen molar-refractivity contribution in [3.63, 3.8) is 0 Å². The molecule has 3 rings (SSSR count). The van der Waals surface area contributed by atoms with E-state index >= 15 is 0 Å². The van der Waals surface area contributed by atoms with Gasteiger partial charge in [-0.15, -0.1) is 0 Å². The maximum Gasteiger partial charge on any atom is 0.253 e. The summed E-state index contributed by atoms with van der Waals surface area (Å²) in [7, 11) is 0. The molecule has 0 spiro atoms. The first-order valence-corrected chi connectivity index (χ1v) is 8.21. The van der Waals surface area contributed by atoms with Crippen LogP contribution in [0.15, 0.2) is 36.5 Å². The molecular formula is C18H19ClN4O. The minimum Gasteiger partial charge on any atom is -0.348 e. The van der Waals surface area contributed by atoms with Gasteiger partial charge in [0.15, 0.2) is 5.65 Å². The standard InChI is InChI=1S/C18H19ClN4O/c1-11(2)23-17-14(10-21-23)8-16(12(3)22-17)18(24)20-9-13-5-4-6-15(19)7-13/h4-8,10-11H,9H2,1-3H3,(H,20,24). The Hall–Kier alpha value is -2.40. The van der Waals surface area contributed by atoms with E-state index in [1.807, 2.05) is 35.9 Å². The van der Waals surface area contributed by atoms with E-state index in [9.17, 15) is 4.79 Å². The lowest BCUT2D eigenvalue weighted by Gasteiger charge is -2.10. The van der Waals surface area contributed by atoms with Gasteiger partial charge in [0.05, 0.1) is 17.5 Å². The molecule has 24 heavy (non-hydrogen) atoms. The van der Waals surface area contributed by atoms with Crippen LogP contribution in [0.25, 0.3) is 11.0 Å². The average Bonchev–Trinajstić information content (AvgIpc) is 2.94. The molecule has 3 aromatic rings. The molecule has 0 atom stereocenters. The van der Waals surface area contributed by atoms with Gasteiger partial charge in [0, 0.05) is 23.0 Å². The minimum absolute atomic E-state index is 0.154. The SMILES string of the molecule is Cc1nc2c(cnn2C(C)C)cc1C(=O)NCc1cccc(Cl)c1. The molecule has 0 radical (unpaired) electrons. The second kappa shape index (κ2) is 6.61. The van der Waals surface area contributed by atoms with Crippen LogP contribution in [-0.2, 0) is 6.54 Å². The second-order valence-electron chi connectivity index (χ2n) is 6.03. The molecule has 1 amide bonds. The van der Waals surface area contributed by atoms with Crippen molar-refractivity contribution in [3.8, 4) is 0 Å². The van der Waals surface area contributed by atoms with Crippen molar-refractivity contribution in [2.75, 3.05) is 0 Å². The van der Waals surface area contributed by atoms with Crippen LogP contribution in [0, 0.1) is 6.92 Å². The monoisotopic (exact) mass is 342 g/mol. The number of hydrogen-bond donors (Lipinski definition) is 1. The topological polar surface area (TPSA) is 59.8 Å². The molecule has 0 saturated heterocycles. The average molecular weight is 343 g/mol. The number of nitrogens with one attached hydrogen (secondary N) is 1. The fraction of sp³-hybridized carbons (Fsp3) is 0.278. The van der Waals surface area contributed by atoms with Crippen LogP contribution < -0.4 is 5.32 Å². The molecular weight excluding hydrogens is 324 g/mol. The highest BCUT2D eigenvalue weighted by molar-refractivity contribution is 6.30. The van der Waals surface area contributed by atoms with E-state index in [-0.39, 0.29) is 11.9 Å². The van der Waals surface area contributed by atoms with Crippen molar-refractivity contribution < 1.29 is 4.79 Å². The van der Waals surface area contributed by atoms with Gasteiger partial charge < -0.3 is 5.32 Å². The summed E-state index contributed by atoms with van der Waals surface area (Å²) >= 11 is 5.96.